The fourth-order valence-electron chi connectivity index (χ4n) is 2.18. The average molecular weight is 184 g/mol. The van der Waals surface area contributed by atoms with Gasteiger partial charge in [0.1, 0.15) is 5.69 Å². The molecule has 3 nitrogen and oxygen atoms in total. The van der Waals surface area contributed by atoms with Gasteiger partial charge in [-0.15, -0.1) is 0 Å². The van der Waals surface area contributed by atoms with E-state index in [1.165, 1.54) is 11.1 Å². The summed E-state index contributed by atoms with van der Waals surface area (Å²) < 4.78 is 2.15. The van der Waals surface area contributed by atoms with Gasteiger partial charge in [0.05, 0.1) is 5.52 Å². The number of para-hydroxylation sites is 1. The molecule has 0 amide bonds. The van der Waals surface area contributed by atoms with Gasteiger partial charge in [0.2, 0.25) is 6.08 Å². The van der Waals surface area contributed by atoms with Crippen LogP contribution in [-0.4, -0.2) is 10.6 Å². The molecule has 0 unspecified atom stereocenters. The summed E-state index contributed by atoms with van der Waals surface area (Å²) in [6.45, 7) is 0.990. The topological polar surface area (TPSA) is 34.4 Å². The molecule has 1 aromatic heterocycles. The number of hydrogen-bond donors (Lipinski definition) is 0. The summed E-state index contributed by atoms with van der Waals surface area (Å²) in [5.41, 5.74) is 3.30. The second kappa shape index (κ2) is 2.56. The summed E-state index contributed by atoms with van der Waals surface area (Å²) in [5, 5.41) is 1.06. The number of benzene rings is 1. The number of aliphatic imine (C=N–C) groups is 1. The molecule has 0 fully saturated rings. The van der Waals surface area contributed by atoms with Crippen molar-refractivity contribution in [2.24, 2.45) is 4.99 Å². The molecular formula is C11H8N2O. The zero-order chi connectivity index (χ0) is 9.54. The van der Waals surface area contributed by atoms with Crippen LogP contribution in [0.3, 0.4) is 0 Å². The summed E-state index contributed by atoms with van der Waals surface area (Å²) in [7, 11) is 0. The Morgan fingerprint density at radius 1 is 1.43 bits per heavy atom. The van der Waals surface area contributed by atoms with Crippen LogP contribution >= 0.6 is 0 Å². The Kier molecular flexibility index (Phi) is 1.38. The maximum atomic E-state index is 10.2. The number of aryl methyl sites for hydroxylation is 2. The number of aromatic nitrogens is 1. The molecule has 2 heterocycles. The maximum Gasteiger partial charge on any atom is 0.240 e. The minimum absolute atomic E-state index is 0.733. The number of nitrogens with zero attached hydrogens (tertiary/aromatic N) is 2. The van der Waals surface area contributed by atoms with Crippen LogP contribution in [0.2, 0.25) is 0 Å². The van der Waals surface area contributed by atoms with Crippen molar-refractivity contribution in [3.05, 3.63) is 30.0 Å². The van der Waals surface area contributed by atoms with E-state index in [0.29, 0.717) is 0 Å². The molecule has 14 heavy (non-hydrogen) atoms. The third-order valence-electron chi connectivity index (χ3n) is 2.75. The second-order valence-electron chi connectivity index (χ2n) is 3.47. The van der Waals surface area contributed by atoms with Crippen molar-refractivity contribution >= 4 is 22.7 Å². The maximum absolute atomic E-state index is 10.2. The zero-order valence-corrected chi connectivity index (χ0v) is 7.53. The fraction of sp³-hybridized carbons (Fsp3) is 0.182. The molecule has 0 saturated heterocycles. The van der Waals surface area contributed by atoms with E-state index in [0.717, 1.165) is 24.0 Å². The van der Waals surface area contributed by atoms with Crippen molar-refractivity contribution in [1.82, 2.24) is 4.57 Å². The van der Waals surface area contributed by atoms with E-state index in [4.69, 9.17) is 0 Å². The minimum atomic E-state index is 0.733. The first kappa shape index (κ1) is 7.54. The SMILES string of the molecule is O=C=Nc1cn2c3c(cccc13)CC2. The molecular weight excluding hydrogens is 176 g/mol. The first-order valence-corrected chi connectivity index (χ1v) is 4.59. The van der Waals surface area contributed by atoms with E-state index >= 15 is 0 Å². The molecule has 0 atom stereocenters. The summed E-state index contributed by atoms with van der Waals surface area (Å²) in [6.07, 6.45) is 4.60. The summed E-state index contributed by atoms with van der Waals surface area (Å²) in [6, 6.07) is 6.13. The Morgan fingerprint density at radius 2 is 2.36 bits per heavy atom. The van der Waals surface area contributed by atoms with Crippen molar-refractivity contribution in [3.8, 4) is 0 Å². The van der Waals surface area contributed by atoms with Crippen LogP contribution < -0.4 is 0 Å². The third kappa shape index (κ3) is 0.820. The van der Waals surface area contributed by atoms with Gasteiger partial charge in [0, 0.05) is 18.1 Å². The van der Waals surface area contributed by atoms with E-state index in [9.17, 15) is 4.79 Å². The van der Waals surface area contributed by atoms with Crippen molar-refractivity contribution in [3.63, 3.8) is 0 Å². The Bertz CT molecular complexity index is 562. The standard InChI is InChI=1S/C11H8N2O/c14-7-12-10-6-13-5-4-8-2-1-3-9(10)11(8)13/h1-3,6H,4-5H2. The highest BCUT2D eigenvalue weighted by atomic mass is 16.1. The number of rotatable bonds is 1. The highest BCUT2D eigenvalue weighted by Gasteiger charge is 2.16. The van der Waals surface area contributed by atoms with Gasteiger partial charge in [-0.3, -0.25) is 0 Å². The van der Waals surface area contributed by atoms with Crippen molar-refractivity contribution < 1.29 is 4.79 Å². The molecule has 2 aromatic rings. The first-order valence-electron chi connectivity index (χ1n) is 4.59. The molecule has 3 heteroatoms. The quantitative estimate of drug-likeness (QED) is 0.494. The van der Waals surface area contributed by atoms with Gasteiger partial charge in [-0.1, -0.05) is 18.2 Å². The van der Waals surface area contributed by atoms with Crippen LogP contribution in [0, 0.1) is 0 Å². The average Bonchev–Trinajstić information content (AvgIpc) is 2.75. The lowest BCUT2D eigenvalue weighted by Gasteiger charge is -1.93. The second-order valence-corrected chi connectivity index (χ2v) is 3.47. The third-order valence-corrected chi connectivity index (χ3v) is 2.75. The molecule has 3 rings (SSSR count). The zero-order valence-electron chi connectivity index (χ0n) is 7.53. The van der Waals surface area contributed by atoms with Gasteiger partial charge < -0.3 is 4.57 Å². The van der Waals surface area contributed by atoms with Crippen molar-refractivity contribution in [1.29, 1.82) is 0 Å². The van der Waals surface area contributed by atoms with Crippen molar-refractivity contribution in [2.75, 3.05) is 0 Å². The van der Waals surface area contributed by atoms with Crippen molar-refractivity contribution in [2.45, 2.75) is 13.0 Å². The highest BCUT2D eigenvalue weighted by molar-refractivity contribution is 5.95. The van der Waals surface area contributed by atoms with Crippen LogP contribution in [-0.2, 0) is 17.8 Å². The Hall–Kier alpha value is -1.86. The molecule has 0 aliphatic carbocycles. The molecule has 1 aromatic carbocycles. The molecule has 1 aliphatic heterocycles. The predicted molar refractivity (Wildman–Crippen MR) is 53.4 cm³/mol. The number of isocyanates is 1. The highest BCUT2D eigenvalue weighted by Crippen LogP contribution is 2.34. The molecule has 1 aliphatic rings. The van der Waals surface area contributed by atoms with E-state index in [1.807, 2.05) is 18.3 Å². The summed E-state index contributed by atoms with van der Waals surface area (Å²) >= 11 is 0. The number of carbonyl (C=O) groups excluding carboxylic acids is 1. The van der Waals surface area contributed by atoms with Crippen LogP contribution in [0.15, 0.2) is 29.4 Å². The van der Waals surface area contributed by atoms with Gasteiger partial charge >= 0.3 is 0 Å². The van der Waals surface area contributed by atoms with E-state index in [1.54, 1.807) is 6.08 Å². The normalized spacial score (nSPS) is 13.1. The first-order chi connectivity index (χ1) is 6.90. The van der Waals surface area contributed by atoms with Gasteiger partial charge in [-0.05, 0) is 12.0 Å². The lowest BCUT2D eigenvalue weighted by atomic mass is 10.1. The van der Waals surface area contributed by atoms with Crippen LogP contribution in [0.5, 0.6) is 0 Å². The smallest absolute Gasteiger partial charge is 0.240 e. The fourth-order valence-corrected chi connectivity index (χ4v) is 2.18. The van der Waals surface area contributed by atoms with Gasteiger partial charge in [-0.25, -0.2) is 4.79 Å². The van der Waals surface area contributed by atoms with Gasteiger partial charge in [-0.2, -0.15) is 4.99 Å². The lowest BCUT2D eigenvalue weighted by molar-refractivity contribution is 0.565. The summed E-state index contributed by atoms with van der Waals surface area (Å²) in [5.74, 6) is 0. The van der Waals surface area contributed by atoms with Gasteiger partial charge in [0.15, 0.2) is 0 Å². The lowest BCUT2D eigenvalue weighted by Crippen LogP contribution is -1.86. The molecule has 0 saturated carbocycles. The van der Waals surface area contributed by atoms with Gasteiger partial charge in [0.25, 0.3) is 0 Å². The molecule has 0 radical (unpaired) electrons. The molecule has 0 N–H and O–H groups in total. The Balaban J connectivity index is 2.46. The van der Waals surface area contributed by atoms with Crippen LogP contribution in [0.25, 0.3) is 10.9 Å². The molecule has 0 bridgehead atoms. The van der Waals surface area contributed by atoms with E-state index < -0.39 is 0 Å². The monoisotopic (exact) mass is 184 g/mol. The predicted octanol–water partition coefficient (Wildman–Crippen LogP) is 2.16. The largest absolute Gasteiger partial charge is 0.345 e. The Labute approximate surface area is 80.7 Å². The van der Waals surface area contributed by atoms with Crippen LogP contribution in [0.1, 0.15) is 5.56 Å². The van der Waals surface area contributed by atoms with Crippen LogP contribution in [0.4, 0.5) is 5.69 Å². The number of hydrogen-bond acceptors (Lipinski definition) is 2. The Morgan fingerprint density at radius 3 is 3.21 bits per heavy atom. The van der Waals surface area contributed by atoms with E-state index in [-0.39, 0.29) is 0 Å². The summed E-state index contributed by atoms with van der Waals surface area (Å²) in [4.78, 5) is 13.9. The van der Waals surface area contributed by atoms with E-state index in [2.05, 4.69) is 15.6 Å². The molecule has 68 valence electrons. The minimum Gasteiger partial charge on any atom is -0.345 e. The molecule has 0 spiro atoms.